The van der Waals surface area contributed by atoms with E-state index in [0.717, 1.165) is 16.0 Å². The van der Waals surface area contributed by atoms with Gasteiger partial charge in [-0.1, -0.05) is 42.5 Å². The molecule has 18 heavy (non-hydrogen) atoms. The van der Waals surface area contributed by atoms with Crippen LogP contribution in [0.25, 0.3) is 0 Å². The Hall–Kier alpha value is -1.29. The van der Waals surface area contributed by atoms with Crippen LogP contribution >= 0.6 is 0 Å². The molecule has 2 nitrogen and oxygen atoms in total. The summed E-state index contributed by atoms with van der Waals surface area (Å²) in [4.78, 5) is 0.786. The summed E-state index contributed by atoms with van der Waals surface area (Å²) < 4.78 is 12.5. The van der Waals surface area contributed by atoms with Crippen LogP contribution in [-0.4, -0.2) is 14.9 Å². The van der Waals surface area contributed by atoms with Crippen LogP contribution < -0.4 is 0 Å². The predicted molar refractivity (Wildman–Crippen MR) is 71.7 cm³/mol. The van der Waals surface area contributed by atoms with Crippen molar-refractivity contribution >= 4 is 11.2 Å². The fourth-order valence-electron chi connectivity index (χ4n) is 2.46. The molecule has 1 N–H and O–H groups in total. The lowest BCUT2D eigenvalue weighted by molar-refractivity contribution is 0.182. The first kappa shape index (κ1) is 11.8. The molecule has 0 fully saturated rings. The third-order valence-electron chi connectivity index (χ3n) is 3.40. The van der Waals surface area contributed by atoms with E-state index in [4.69, 9.17) is 0 Å². The number of rotatable bonds is 2. The Morgan fingerprint density at radius 3 is 2.39 bits per heavy atom. The third kappa shape index (κ3) is 1.94. The lowest BCUT2D eigenvalue weighted by atomic mass is 10.1. The van der Waals surface area contributed by atoms with E-state index in [1.54, 1.807) is 0 Å². The number of fused-ring (bicyclic) bond motifs is 1. The molecule has 3 atom stereocenters. The Balaban J connectivity index is 1.88. The molecule has 0 aliphatic heterocycles. The van der Waals surface area contributed by atoms with E-state index < -0.39 is 17.3 Å². The summed E-state index contributed by atoms with van der Waals surface area (Å²) in [7, 11) is 0. The lowest BCUT2D eigenvalue weighted by Crippen LogP contribution is -2.25. The molecule has 2 aromatic rings. The highest BCUT2D eigenvalue weighted by atomic mass is 32.2. The van der Waals surface area contributed by atoms with E-state index in [9.17, 15) is 9.66 Å². The highest BCUT2D eigenvalue weighted by Gasteiger charge is 2.39. The second-order valence-electron chi connectivity index (χ2n) is 4.50. The molecule has 0 spiro atoms. The summed E-state index contributed by atoms with van der Waals surface area (Å²) in [6.45, 7) is 0. The predicted octanol–water partition coefficient (Wildman–Crippen LogP) is 2.45. The summed E-state index contributed by atoms with van der Waals surface area (Å²) in [5.74, 6) is 0. The van der Waals surface area contributed by atoms with Gasteiger partial charge in [-0.3, -0.25) is 0 Å². The average molecular weight is 258 g/mol. The van der Waals surface area contributed by atoms with Gasteiger partial charge in [0.2, 0.25) is 0 Å². The standard InChI is InChI=1S/C15H14O2S/c16-15-13-9-5-4-6-11(13)10-14(15)18(17)12-7-2-1-3-8-12/h1-9,14-16H,10H2/t14-,15-,18?/m1/s1. The van der Waals surface area contributed by atoms with Crippen LogP contribution in [0.3, 0.4) is 0 Å². The molecule has 1 aliphatic rings. The second-order valence-corrected chi connectivity index (χ2v) is 6.17. The summed E-state index contributed by atoms with van der Waals surface area (Å²) >= 11 is -1.17. The number of hydrogen-bond donors (Lipinski definition) is 1. The molecular formula is C15H14O2S. The topological polar surface area (TPSA) is 43.3 Å². The molecule has 2 aromatic carbocycles. The smallest absolute Gasteiger partial charge is 0.155 e. The minimum atomic E-state index is -1.17. The van der Waals surface area contributed by atoms with Gasteiger partial charge in [-0.05, 0) is 34.4 Å². The summed E-state index contributed by atoms with van der Waals surface area (Å²) in [5, 5.41) is 10.0. The van der Waals surface area contributed by atoms with Gasteiger partial charge >= 0.3 is 0 Å². The van der Waals surface area contributed by atoms with Crippen molar-refractivity contribution < 1.29 is 9.66 Å². The zero-order valence-corrected chi connectivity index (χ0v) is 10.6. The number of hydrogen-bond acceptors (Lipinski definition) is 2. The largest absolute Gasteiger partial charge is 0.611 e. The van der Waals surface area contributed by atoms with Crippen LogP contribution in [0.5, 0.6) is 0 Å². The molecule has 0 saturated carbocycles. The molecule has 0 bridgehead atoms. The molecule has 0 saturated heterocycles. The van der Waals surface area contributed by atoms with E-state index in [0.29, 0.717) is 6.42 Å². The van der Waals surface area contributed by atoms with E-state index in [1.807, 2.05) is 54.6 Å². The molecule has 1 aliphatic carbocycles. The molecule has 1 unspecified atom stereocenters. The Morgan fingerprint density at radius 2 is 1.67 bits per heavy atom. The first-order valence-corrected chi connectivity index (χ1v) is 7.20. The van der Waals surface area contributed by atoms with Gasteiger partial charge in [0.25, 0.3) is 0 Å². The summed E-state index contributed by atoms with van der Waals surface area (Å²) in [6.07, 6.45) is 0.0565. The molecule has 92 valence electrons. The SMILES string of the molecule is [O-][S+](c1ccccc1)[C@@H]1Cc2ccccc2[C@H]1O. The van der Waals surface area contributed by atoms with E-state index >= 15 is 0 Å². The van der Waals surface area contributed by atoms with Crippen LogP contribution in [0.15, 0.2) is 59.5 Å². The Bertz CT molecular complexity index is 541. The van der Waals surface area contributed by atoms with Gasteiger partial charge in [-0.15, -0.1) is 0 Å². The molecular weight excluding hydrogens is 244 g/mol. The zero-order chi connectivity index (χ0) is 12.5. The van der Waals surface area contributed by atoms with Crippen molar-refractivity contribution in [1.29, 1.82) is 0 Å². The maximum absolute atomic E-state index is 12.5. The molecule has 0 aromatic heterocycles. The Kier molecular flexibility index (Phi) is 3.12. The van der Waals surface area contributed by atoms with Gasteiger partial charge in [0.05, 0.1) is 0 Å². The number of aliphatic hydroxyl groups excluding tert-OH is 1. The van der Waals surface area contributed by atoms with Gasteiger partial charge in [-0.2, -0.15) is 0 Å². The molecule has 3 heteroatoms. The van der Waals surface area contributed by atoms with E-state index in [1.165, 1.54) is 0 Å². The van der Waals surface area contributed by atoms with Gasteiger partial charge in [0.15, 0.2) is 10.1 Å². The fourth-order valence-corrected chi connectivity index (χ4v) is 3.95. The van der Waals surface area contributed by atoms with Crippen LogP contribution in [0, 0.1) is 0 Å². The lowest BCUT2D eigenvalue weighted by Gasteiger charge is -2.20. The number of benzene rings is 2. The fraction of sp³-hybridized carbons (Fsp3) is 0.200. The molecule has 0 radical (unpaired) electrons. The quantitative estimate of drug-likeness (QED) is 0.841. The summed E-state index contributed by atoms with van der Waals surface area (Å²) in [5.41, 5.74) is 2.03. The van der Waals surface area contributed by atoms with Crippen LogP contribution in [0.1, 0.15) is 17.2 Å². The molecule has 0 amide bonds. The van der Waals surface area contributed by atoms with E-state index in [-0.39, 0.29) is 5.25 Å². The van der Waals surface area contributed by atoms with Crippen molar-refractivity contribution in [1.82, 2.24) is 0 Å². The van der Waals surface area contributed by atoms with Crippen LogP contribution in [0.4, 0.5) is 0 Å². The first-order valence-electron chi connectivity index (χ1n) is 5.99. The normalized spacial score (nSPS) is 23.7. The van der Waals surface area contributed by atoms with Gasteiger partial charge in [0.1, 0.15) is 6.10 Å². The molecule has 0 heterocycles. The maximum Gasteiger partial charge on any atom is 0.155 e. The molecule has 3 rings (SSSR count). The van der Waals surface area contributed by atoms with Crippen molar-refractivity contribution in [2.24, 2.45) is 0 Å². The van der Waals surface area contributed by atoms with Crippen molar-refractivity contribution in [3.8, 4) is 0 Å². The zero-order valence-electron chi connectivity index (χ0n) is 9.82. The van der Waals surface area contributed by atoms with Crippen LogP contribution in [0.2, 0.25) is 0 Å². The van der Waals surface area contributed by atoms with Crippen molar-refractivity contribution in [2.45, 2.75) is 22.7 Å². The monoisotopic (exact) mass is 258 g/mol. The van der Waals surface area contributed by atoms with Crippen LogP contribution in [-0.2, 0) is 17.6 Å². The second kappa shape index (κ2) is 4.76. The van der Waals surface area contributed by atoms with Crippen molar-refractivity contribution in [2.75, 3.05) is 0 Å². The minimum Gasteiger partial charge on any atom is -0.611 e. The Labute approximate surface area is 109 Å². The highest BCUT2D eigenvalue weighted by molar-refractivity contribution is 7.92. The number of aliphatic hydroxyl groups is 1. The van der Waals surface area contributed by atoms with E-state index in [2.05, 4.69) is 0 Å². The van der Waals surface area contributed by atoms with Crippen molar-refractivity contribution in [3.05, 3.63) is 65.7 Å². The van der Waals surface area contributed by atoms with Gasteiger partial charge in [0, 0.05) is 6.42 Å². The Morgan fingerprint density at radius 1 is 1.00 bits per heavy atom. The summed E-state index contributed by atoms with van der Waals surface area (Å²) in [6, 6.07) is 17.2. The third-order valence-corrected chi connectivity index (χ3v) is 5.11. The van der Waals surface area contributed by atoms with Crippen molar-refractivity contribution in [3.63, 3.8) is 0 Å². The minimum absolute atomic E-state index is 0.232. The first-order chi connectivity index (χ1) is 8.77. The maximum atomic E-state index is 12.5. The van der Waals surface area contributed by atoms with Gasteiger partial charge < -0.3 is 9.66 Å². The average Bonchev–Trinajstić information content (AvgIpc) is 2.77. The van der Waals surface area contributed by atoms with Gasteiger partial charge in [-0.25, -0.2) is 0 Å². The highest BCUT2D eigenvalue weighted by Crippen LogP contribution is 2.37.